The Morgan fingerprint density at radius 2 is 2.60 bits per heavy atom. The predicted molar refractivity (Wildman–Crippen MR) is 43.7 cm³/mol. The maximum atomic E-state index is 3.84. The van der Waals surface area contributed by atoms with Crippen LogP contribution in [0.25, 0.3) is 0 Å². The Morgan fingerprint density at radius 1 is 1.80 bits per heavy atom. The summed E-state index contributed by atoms with van der Waals surface area (Å²) in [5.74, 6) is 0.959. The first kappa shape index (κ1) is 6.21. The molecule has 0 unspecified atom stereocenters. The molecular weight excluding hydrogens is 120 g/mol. The van der Waals surface area contributed by atoms with Gasteiger partial charge in [0.1, 0.15) is 0 Å². The minimum atomic E-state index is 0.543. The van der Waals surface area contributed by atoms with Crippen LogP contribution in [0.4, 0.5) is 0 Å². The third-order valence-corrected chi connectivity index (χ3v) is 3.41. The molecule has 2 aliphatic carbocycles. The van der Waals surface area contributed by atoms with Crippen LogP contribution in [0.3, 0.4) is 0 Å². The van der Waals surface area contributed by atoms with Gasteiger partial charge in [-0.05, 0) is 36.2 Å². The second kappa shape index (κ2) is 1.75. The lowest BCUT2D eigenvalue weighted by atomic mass is 9.60. The van der Waals surface area contributed by atoms with Crippen LogP contribution >= 0.6 is 0 Å². The Bertz CT molecular complexity index is 200. The lowest BCUT2D eigenvalue weighted by Gasteiger charge is -2.44. The van der Waals surface area contributed by atoms with Crippen molar-refractivity contribution in [3.8, 4) is 0 Å². The van der Waals surface area contributed by atoms with Gasteiger partial charge in [0, 0.05) is 0 Å². The molecule has 0 aromatic rings. The lowest BCUT2D eigenvalue weighted by molar-refractivity contribution is 0.118. The van der Waals surface area contributed by atoms with Gasteiger partial charge in [-0.1, -0.05) is 25.7 Å². The molecule has 0 heterocycles. The topological polar surface area (TPSA) is 0 Å². The fourth-order valence-corrected chi connectivity index (χ4v) is 2.36. The number of hydrogen-bond acceptors (Lipinski definition) is 0. The van der Waals surface area contributed by atoms with E-state index in [1.165, 1.54) is 24.8 Å². The summed E-state index contributed by atoms with van der Waals surface area (Å²) in [5, 5.41) is 0. The Kier molecular flexibility index (Phi) is 1.08. The quantitative estimate of drug-likeness (QED) is 0.517. The van der Waals surface area contributed by atoms with Gasteiger partial charge in [-0.15, -0.1) is 0 Å². The SMILES string of the molecule is C=CC1=CC[C@H]2CC[C@]12C. The van der Waals surface area contributed by atoms with Gasteiger partial charge in [0.05, 0.1) is 0 Å². The fourth-order valence-electron chi connectivity index (χ4n) is 2.36. The summed E-state index contributed by atoms with van der Waals surface area (Å²) in [5.41, 5.74) is 2.05. The van der Waals surface area contributed by atoms with Gasteiger partial charge >= 0.3 is 0 Å². The Morgan fingerprint density at radius 3 is 2.90 bits per heavy atom. The number of rotatable bonds is 1. The molecule has 0 saturated heterocycles. The van der Waals surface area contributed by atoms with Crippen molar-refractivity contribution >= 4 is 0 Å². The molecule has 2 atom stereocenters. The number of hydrogen-bond donors (Lipinski definition) is 0. The molecule has 10 heavy (non-hydrogen) atoms. The zero-order valence-corrected chi connectivity index (χ0v) is 6.56. The standard InChI is InChI=1S/C10H14/c1-3-8-4-5-9-6-7-10(8,9)2/h3-4,9H,1,5-7H2,2H3/t9-,10+/m0/s1. The van der Waals surface area contributed by atoms with E-state index in [0.29, 0.717) is 5.41 Å². The van der Waals surface area contributed by atoms with Crippen LogP contribution < -0.4 is 0 Å². The van der Waals surface area contributed by atoms with Crippen LogP contribution in [0.5, 0.6) is 0 Å². The van der Waals surface area contributed by atoms with Crippen LogP contribution in [0.1, 0.15) is 26.2 Å². The molecular formula is C10H14. The second-order valence-electron chi connectivity index (χ2n) is 3.75. The largest absolute Gasteiger partial charge is 0.0988 e. The molecule has 2 aliphatic rings. The van der Waals surface area contributed by atoms with E-state index in [2.05, 4.69) is 19.6 Å². The van der Waals surface area contributed by atoms with Crippen LogP contribution in [0.2, 0.25) is 0 Å². The number of fused-ring (bicyclic) bond motifs is 1. The first-order valence-electron chi connectivity index (χ1n) is 4.10. The van der Waals surface area contributed by atoms with Crippen molar-refractivity contribution in [2.75, 3.05) is 0 Å². The van der Waals surface area contributed by atoms with E-state index in [4.69, 9.17) is 0 Å². The highest BCUT2D eigenvalue weighted by molar-refractivity contribution is 5.33. The highest BCUT2D eigenvalue weighted by atomic mass is 14.5. The van der Waals surface area contributed by atoms with Gasteiger partial charge in [0.15, 0.2) is 0 Å². The summed E-state index contributed by atoms with van der Waals surface area (Å²) in [6.45, 7) is 6.22. The van der Waals surface area contributed by atoms with E-state index in [1.807, 2.05) is 6.08 Å². The summed E-state index contributed by atoms with van der Waals surface area (Å²) in [7, 11) is 0. The fraction of sp³-hybridized carbons (Fsp3) is 0.600. The molecule has 0 aliphatic heterocycles. The van der Waals surface area contributed by atoms with Crippen molar-refractivity contribution < 1.29 is 0 Å². The molecule has 0 heteroatoms. The van der Waals surface area contributed by atoms with Gasteiger partial charge in [-0.25, -0.2) is 0 Å². The van der Waals surface area contributed by atoms with E-state index >= 15 is 0 Å². The van der Waals surface area contributed by atoms with Crippen molar-refractivity contribution in [1.82, 2.24) is 0 Å². The monoisotopic (exact) mass is 134 g/mol. The average Bonchev–Trinajstić information content (AvgIpc) is 2.12. The van der Waals surface area contributed by atoms with Crippen molar-refractivity contribution in [2.24, 2.45) is 11.3 Å². The van der Waals surface area contributed by atoms with Gasteiger partial charge in [0.25, 0.3) is 0 Å². The summed E-state index contributed by atoms with van der Waals surface area (Å²) in [4.78, 5) is 0. The number of allylic oxidation sites excluding steroid dienone is 3. The maximum absolute atomic E-state index is 3.84. The van der Waals surface area contributed by atoms with Crippen molar-refractivity contribution in [3.63, 3.8) is 0 Å². The first-order valence-corrected chi connectivity index (χ1v) is 4.10. The normalized spacial score (nSPS) is 43.7. The molecule has 0 amide bonds. The minimum Gasteiger partial charge on any atom is -0.0988 e. The summed E-state index contributed by atoms with van der Waals surface area (Å²) < 4.78 is 0. The third kappa shape index (κ3) is 0.524. The molecule has 0 spiro atoms. The molecule has 1 saturated carbocycles. The Hall–Kier alpha value is -0.520. The molecule has 0 bridgehead atoms. The van der Waals surface area contributed by atoms with Gasteiger partial charge in [-0.2, -0.15) is 0 Å². The molecule has 0 nitrogen and oxygen atoms in total. The Labute approximate surface area is 62.6 Å². The van der Waals surface area contributed by atoms with Crippen molar-refractivity contribution in [2.45, 2.75) is 26.2 Å². The van der Waals surface area contributed by atoms with Crippen LogP contribution in [-0.4, -0.2) is 0 Å². The molecule has 0 aromatic heterocycles. The zero-order valence-electron chi connectivity index (χ0n) is 6.56. The third-order valence-electron chi connectivity index (χ3n) is 3.41. The highest BCUT2D eigenvalue weighted by Crippen LogP contribution is 2.57. The Balaban J connectivity index is 2.29. The maximum Gasteiger partial charge on any atom is -0.00473 e. The lowest BCUT2D eigenvalue weighted by Crippen LogP contribution is -2.34. The molecule has 0 aromatic carbocycles. The average molecular weight is 134 g/mol. The molecule has 0 N–H and O–H groups in total. The van der Waals surface area contributed by atoms with Gasteiger partial charge < -0.3 is 0 Å². The molecule has 54 valence electrons. The van der Waals surface area contributed by atoms with E-state index in [-0.39, 0.29) is 0 Å². The minimum absolute atomic E-state index is 0.543. The van der Waals surface area contributed by atoms with Crippen LogP contribution in [0.15, 0.2) is 24.3 Å². The highest BCUT2D eigenvalue weighted by Gasteiger charge is 2.46. The second-order valence-corrected chi connectivity index (χ2v) is 3.75. The first-order chi connectivity index (χ1) is 4.77. The summed E-state index contributed by atoms with van der Waals surface area (Å²) in [6.07, 6.45) is 8.53. The van der Waals surface area contributed by atoms with Gasteiger partial charge in [-0.3, -0.25) is 0 Å². The van der Waals surface area contributed by atoms with E-state index in [9.17, 15) is 0 Å². The summed E-state index contributed by atoms with van der Waals surface area (Å²) in [6, 6.07) is 0. The van der Waals surface area contributed by atoms with E-state index in [1.54, 1.807) is 0 Å². The van der Waals surface area contributed by atoms with Crippen molar-refractivity contribution in [3.05, 3.63) is 24.3 Å². The van der Waals surface area contributed by atoms with Gasteiger partial charge in [0.2, 0.25) is 0 Å². The van der Waals surface area contributed by atoms with Crippen molar-refractivity contribution in [1.29, 1.82) is 0 Å². The smallest absolute Gasteiger partial charge is 0.00473 e. The van der Waals surface area contributed by atoms with Crippen LogP contribution in [0, 0.1) is 11.3 Å². The zero-order chi connectivity index (χ0) is 7.19. The molecule has 1 fully saturated rings. The van der Waals surface area contributed by atoms with E-state index < -0.39 is 0 Å². The molecule has 0 radical (unpaired) electrons. The predicted octanol–water partition coefficient (Wildman–Crippen LogP) is 2.92. The molecule has 2 rings (SSSR count). The van der Waals surface area contributed by atoms with Crippen LogP contribution in [-0.2, 0) is 0 Å². The summed E-state index contributed by atoms with van der Waals surface area (Å²) >= 11 is 0. The van der Waals surface area contributed by atoms with E-state index in [0.717, 1.165) is 5.92 Å².